The molecule has 5 rings (SSSR count). The summed E-state index contributed by atoms with van der Waals surface area (Å²) in [5, 5.41) is 33.9. The SMILES string of the molecule is Nc1cc(CCOc2nc(-c3ccc(Cl)cc3Cl)cc3nccn23)c([N+](=O)[O-])c(N)n1.Nc1nc(NCCO)ccc1[N+](=O)[O-]. The average Bonchev–Trinajstić information content (AvgIpc) is 3.45. The van der Waals surface area contributed by atoms with E-state index in [-0.39, 0.29) is 54.5 Å². The number of imidazole rings is 1. The van der Waals surface area contributed by atoms with Crippen molar-refractivity contribution in [2.75, 3.05) is 42.3 Å². The molecule has 0 spiro atoms. The third kappa shape index (κ3) is 7.91. The fourth-order valence-corrected chi connectivity index (χ4v) is 4.53. The Morgan fingerprint density at radius 2 is 1.76 bits per heavy atom. The van der Waals surface area contributed by atoms with E-state index in [1.807, 2.05) is 0 Å². The molecule has 0 saturated carbocycles. The number of aliphatic hydroxyl groups excluding tert-OH is 1. The van der Waals surface area contributed by atoms with Gasteiger partial charge < -0.3 is 32.4 Å². The zero-order valence-electron chi connectivity index (χ0n) is 23.1. The Morgan fingerprint density at radius 3 is 2.42 bits per heavy atom. The summed E-state index contributed by atoms with van der Waals surface area (Å²) in [6.45, 7) is 0.352. The van der Waals surface area contributed by atoms with Gasteiger partial charge >= 0.3 is 17.4 Å². The Hall–Kier alpha value is -5.52. The second kappa shape index (κ2) is 14.3. The Bertz CT molecular complexity index is 1870. The third-order valence-electron chi connectivity index (χ3n) is 5.99. The lowest BCUT2D eigenvalue weighted by Crippen LogP contribution is -2.10. The molecule has 4 aromatic heterocycles. The molecule has 0 radical (unpaired) electrons. The van der Waals surface area contributed by atoms with Gasteiger partial charge in [-0.1, -0.05) is 23.2 Å². The van der Waals surface area contributed by atoms with Crippen LogP contribution in [0.15, 0.2) is 54.9 Å². The highest BCUT2D eigenvalue weighted by Gasteiger charge is 2.21. The van der Waals surface area contributed by atoms with E-state index in [0.717, 1.165) is 0 Å². The number of rotatable bonds is 10. The molecule has 234 valence electrons. The Kier molecular flexibility index (Phi) is 10.3. The molecule has 1 aromatic carbocycles. The highest BCUT2D eigenvalue weighted by Crippen LogP contribution is 2.31. The van der Waals surface area contributed by atoms with E-state index in [2.05, 4.69) is 25.3 Å². The van der Waals surface area contributed by atoms with E-state index in [4.69, 9.17) is 50.2 Å². The summed E-state index contributed by atoms with van der Waals surface area (Å²) in [6.07, 6.45) is 3.46. The van der Waals surface area contributed by atoms with Gasteiger partial charge in [0, 0.05) is 53.6 Å². The molecular weight excluding hydrogens is 633 g/mol. The number of fused-ring (bicyclic) bond motifs is 1. The minimum Gasteiger partial charge on any atom is -0.464 e. The van der Waals surface area contributed by atoms with Crippen LogP contribution in [0.3, 0.4) is 0 Å². The van der Waals surface area contributed by atoms with Crippen LogP contribution >= 0.6 is 23.2 Å². The maximum absolute atomic E-state index is 11.3. The molecule has 0 unspecified atom stereocenters. The van der Waals surface area contributed by atoms with Gasteiger partial charge in [0.05, 0.1) is 33.8 Å². The van der Waals surface area contributed by atoms with Gasteiger partial charge in [-0.05, 0) is 30.3 Å². The molecule has 0 fully saturated rings. The highest BCUT2D eigenvalue weighted by molar-refractivity contribution is 6.36. The molecule has 17 nitrogen and oxygen atoms in total. The summed E-state index contributed by atoms with van der Waals surface area (Å²) in [6, 6.07) is 11.2. The molecule has 0 saturated heterocycles. The number of aromatic nitrogens is 5. The zero-order chi connectivity index (χ0) is 32.7. The lowest BCUT2D eigenvalue weighted by atomic mass is 10.1. The zero-order valence-corrected chi connectivity index (χ0v) is 24.6. The van der Waals surface area contributed by atoms with Gasteiger partial charge in [0.1, 0.15) is 17.3 Å². The number of nitrogens with two attached hydrogens (primary N) is 3. The summed E-state index contributed by atoms with van der Waals surface area (Å²) in [5.74, 6) is 0.113. The van der Waals surface area contributed by atoms with Gasteiger partial charge in [0.2, 0.25) is 11.6 Å². The molecule has 4 heterocycles. The summed E-state index contributed by atoms with van der Waals surface area (Å²) in [7, 11) is 0. The van der Waals surface area contributed by atoms with Gasteiger partial charge in [-0.2, -0.15) is 4.98 Å². The molecule has 0 aliphatic heterocycles. The number of nitro groups is 2. The van der Waals surface area contributed by atoms with Crippen LogP contribution < -0.4 is 27.3 Å². The number of benzene rings is 1. The first-order valence-electron chi connectivity index (χ1n) is 12.9. The van der Waals surface area contributed by atoms with E-state index in [0.29, 0.717) is 44.9 Å². The number of halogens is 2. The minimum absolute atomic E-state index is 0.0431. The number of hydrogen-bond acceptors (Lipinski definition) is 14. The van der Waals surface area contributed by atoms with Crippen molar-refractivity contribution in [1.82, 2.24) is 24.3 Å². The Labute approximate surface area is 263 Å². The van der Waals surface area contributed by atoms with Crippen LogP contribution in [-0.2, 0) is 6.42 Å². The Balaban J connectivity index is 0.000000276. The van der Waals surface area contributed by atoms with Crippen molar-refractivity contribution in [3.05, 3.63) is 90.7 Å². The summed E-state index contributed by atoms with van der Waals surface area (Å²) >= 11 is 12.3. The first-order valence-corrected chi connectivity index (χ1v) is 13.6. The Morgan fingerprint density at radius 1 is 0.978 bits per heavy atom. The van der Waals surface area contributed by atoms with Gasteiger partial charge in [-0.25, -0.2) is 15.0 Å². The van der Waals surface area contributed by atoms with Gasteiger partial charge in [-0.3, -0.25) is 24.6 Å². The lowest BCUT2D eigenvalue weighted by molar-refractivity contribution is -0.384. The van der Waals surface area contributed by atoms with Gasteiger partial charge in [0.15, 0.2) is 0 Å². The van der Waals surface area contributed by atoms with E-state index in [1.165, 1.54) is 18.2 Å². The van der Waals surface area contributed by atoms with Crippen molar-refractivity contribution in [1.29, 1.82) is 0 Å². The molecule has 0 bridgehead atoms. The lowest BCUT2D eigenvalue weighted by Gasteiger charge is -2.11. The van der Waals surface area contributed by atoms with E-state index < -0.39 is 9.85 Å². The quantitative estimate of drug-likeness (QED) is 0.106. The third-order valence-corrected chi connectivity index (χ3v) is 6.53. The number of hydrogen-bond donors (Lipinski definition) is 5. The van der Waals surface area contributed by atoms with Crippen molar-refractivity contribution in [3.8, 4) is 17.3 Å². The molecule has 45 heavy (non-hydrogen) atoms. The normalized spacial score (nSPS) is 10.6. The second-order valence-corrected chi connectivity index (χ2v) is 9.85. The van der Waals surface area contributed by atoms with Crippen molar-refractivity contribution in [2.45, 2.75) is 6.42 Å². The van der Waals surface area contributed by atoms with Crippen molar-refractivity contribution in [2.24, 2.45) is 0 Å². The number of nitrogens with zero attached hydrogens (tertiary/aromatic N) is 7. The molecule has 0 amide bonds. The number of aliphatic hydroxyl groups is 1. The van der Waals surface area contributed by atoms with Crippen LogP contribution in [-0.4, -0.2) is 59.0 Å². The standard InChI is InChI=1S/C19H15Cl2N7O3.C7H10N4O3/c20-11-1-2-12(13(21)8-11)14-9-16-24-4-5-27(16)19(25-14)31-6-3-10-7-15(22)26-18(23)17(10)28(29)30;8-7-5(11(13)14)1-2-6(10-7)9-3-4-12/h1-2,4-5,7-9H,3,6H2,(H4,22,23,26);1-2,12H,3-4H2,(H3,8,9,10). The molecule has 0 aliphatic carbocycles. The predicted octanol–water partition coefficient (Wildman–Crippen LogP) is 3.77. The number of ether oxygens (including phenoxy) is 1. The molecule has 19 heteroatoms. The van der Waals surface area contributed by atoms with Crippen molar-refractivity contribution < 1.29 is 19.7 Å². The monoisotopic (exact) mass is 657 g/mol. The topological polar surface area (TPSA) is 262 Å². The average molecular weight is 658 g/mol. The summed E-state index contributed by atoms with van der Waals surface area (Å²) in [4.78, 5) is 36.8. The van der Waals surface area contributed by atoms with Crippen LogP contribution in [0.2, 0.25) is 10.0 Å². The van der Waals surface area contributed by atoms with Crippen LogP contribution in [0.4, 0.5) is 34.6 Å². The second-order valence-electron chi connectivity index (χ2n) is 9.01. The summed E-state index contributed by atoms with van der Waals surface area (Å²) < 4.78 is 7.49. The maximum Gasteiger partial charge on any atom is 0.314 e. The van der Waals surface area contributed by atoms with E-state index >= 15 is 0 Å². The molecule has 8 N–H and O–H groups in total. The van der Waals surface area contributed by atoms with Gasteiger partial charge in [0.25, 0.3) is 0 Å². The highest BCUT2D eigenvalue weighted by atomic mass is 35.5. The molecular formula is C26H25Cl2N11O6. The number of nitrogens with one attached hydrogen (secondary N) is 1. The fraction of sp³-hybridized carbons (Fsp3) is 0.154. The van der Waals surface area contributed by atoms with Crippen LogP contribution in [0.25, 0.3) is 16.9 Å². The summed E-state index contributed by atoms with van der Waals surface area (Å²) in [5.41, 5.74) is 18.3. The molecule has 0 atom stereocenters. The number of nitrogen functional groups attached to an aromatic ring is 3. The first kappa shape index (κ1) is 32.4. The minimum atomic E-state index is -0.599. The smallest absolute Gasteiger partial charge is 0.314 e. The molecule has 5 aromatic rings. The largest absolute Gasteiger partial charge is 0.464 e. The number of pyridine rings is 2. The van der Waals surface area contributed by atoms with E-state index in [9.17, 15) is 20.2 Å². The molecule has 0 aliphatic rings. The van der Waals surface area contributed by atoms with Crippen molar-refractivity contribution >= 4 is 63.5 Å². The first-order chi connectivity index (χ1) is 21.5. The predicted molar refractivity (Wildman–Crippen MR) is 168 cm³/mol. The van der Waals surface area contributed by atoms with Crippen molar-refractivity contribution in [3.63, 3.8) is 0 Å². The maximum atomic E-state index is 11.3. The van der Waals surface area contributed by atoms with Crippen LogP contribution in [0, 0.1) is 20.2 Å². The van der Waals surface area contributed by atoms with Crippen LogP contribution in [0.5, 0.6) is 6.01 Å². The number of anilines is 4. The van der Waals surface area contributed by atoms with Gasteiger partial charge in [-0.15, -0.1) is 0 Å². The van der Waals surface area contributed by atoms with E-state index in [1.54, 1.807) is 41.1 Å². The van der Waals surface area contributed by atoms with Crippen LogP contribution in [0.1, 0.15) is 5.56 Å². The fourth-order valence-electron chi connectivity index (χ4n) is 4.03.